The summed E-state index contributed by atoms with van der Waals surface area (Å²) in [5, 5.41) is 21.4. The number of benzene rings is 1. The van der Waals surface area contributed by atoms with Crippen LogP contribution in [0.3, 0.4) is 0 Å². The summed E-state index contributed by atoms with van der Waals surface area (Å²) in [7, 11) is 0. The van der Waals surface area contributed by atoms with Crippen LogP contribution in [0.25, 0.3) is 0 Å². The van der Waals surface area contributed by atoms with E-state index in [9.17, 15) is 5.11 Å². The molecule has 2 N–H and O–H groups in total. The molecule has 0 fully saturated rings. The van der Waals surface area contributed by atoms with E-state index in [-0.39, 0.29) is 5.75 Å². The Morgan fingerprint density at radius 1 is 1.28 bits per heavy atom. The quantitative estimate of drug-likeness (QED) is 0.863. The van der Waals surface area contributed by atoms with Gasteiger partial charge in [-0.05, 0) is 36.2 Å². The molecule has 2 aromatic rings. The summed E-state index contributed by atoms with van der Waals surface area (Å²) >= 11 is 0. The molecular weight excluding hydrogens is 226 g/mol. The summed E-state index contributed by atoms with van der Waals surface area (Å²) in [6.45, 7) is 2.44. The Morgan fingerprint density at radius 3 is 2.67 bits per heavy atom. The second kappa shape index (κ2) is 5.19. The molecule has 0 spiro atoms. The van der Waals surface area contributed by atoms with Gasteiger partial charge in [-0.15, -0.1) is 0 Å². The van der Waals surface area contributed by atoms with Crippen molar-refractivity contribution in [3.63, 3.8) is 0 Å². The van der Waals surface area contributed by atoms with E-state index in [1.807, 2.05) is 25.1 Å². The maximum absolute atomic E-state index is 9.18. The van der Waals surface area contributed by atoms with Gasteiger partial charge < -0.3 is 10.4 Å². The highest BCUT2D eigenvalue weighted by Gasteiger charge is 2.05. The second-order valence-electron chi connectivity index (χ2n) is 3.98. The van der Waals surface area contributed by atoms with Crippen LogP contribution in [-0.4, -0.2) is 10.1 Å². The number of phenols is 1. The van der Waals surface area contributed by atoms with E-state index in [1.54, 1.807) is 18.3 Å². The zero-order valence-corrected chi connectivity index (χ0v) is 10.0. The van der Waals surface area contributed by atoms with Gasteiger partial charge in [0, 0.05) is 12.7 Å². The third kappa shape index (κ3) is 2.58. The van der Waals surface area contributed by atoms with Gasteiger partial charge >= 0.3 is 0 Å². The third-order valence-electron chi connectivity index (χ3n) is 2.67. The Balaban J connectivity index is 2.14. The molecule has 0 radical (unpaired) electrons. The molecule has 0 atom stereocenters. The number of anilines is 1. The molecule has 90 valence electrons. The van der Waals surface area contributed by atoms with E-state index in [0.29, 0.717) is 17.9 Å². The van der Waals surface area contributed by atoms with Crippen molar-refractivity contribution in [2.45, 2.75) is 13.5 Å². The number of nitriles is 1. The van der Waals surface area contributed by atoms with Gasteiger partial charge in [-0.3, -0.25) is 0 Å². The summed E-state index contributed by atoms with van der Waals surface area (Å²) in [6.07, 6.45) is 1.68. The van der Waals surface area contributed by atoms with E-state index in [1.165, 1.54) is 0 Å². The molecule has 0 aliphatic carbocycles. The van der Waals surface area contributed by atoms with Crippen molar-refractivity contribution in [3.8, 4) is 11.8 Å². The molecule has 0 saturated carbocycles. The van der Waals surface area contributed by atoms with E-state index < -0.39 is 0 Å². The molecule has 0 amide bonds. The van der Waals surface area contributed by atoms with E-state index in [4.69, 9.17) is 5.26 Å². The highest BCUT2D eigenvalue weighted by molar-refractivity contribution is 5.55. The van der Waals surface area contributed by atoms with Gasteiger partial charge in [0.05, 0.1) is 5.56 Å². The van der Waals surface area contributed by atoms with Crippen LogP contribution in [0.1, 0.15) is 16.7 Å². The first-order valence-corrected chi connectivity index (χ1v) is 5.58. The van der Waals surface area contributed by atoms with Crippen molar-refractivity contribution < 1.29 is 5.11 Å². The highest BCUT2D eigenvalue weighted by Crippen LogP contribution is 2.16. The van der Waals surface area contributed by atoms with Crippen molar-refractivity contribution in [1.82, 2.24) is 4.98 Å². The first-order chi connectivity index (χ1) is 8.70. The van der Waals surface area contributed by atoms with Crippen molar-refractivity contribution >= 4 is 5.82 Å². The molecule has 1 heterocycles. The van der Waals surface area contributed by atoms with Crippen molar-refractivity contribution in [2.24, 2.45) is 0 Å². The SMILES string of the molecule is Cc1ccnc(NCc2ccc(O)cc2)c1C#N. The summed E-state index contributed by atoms with van der Waals surface area (Å²) in [5.74, 6) is 0.829. The van der Waals surface area contributed by atoms with Gasteiger partial charge in [-0.1, -0.05) is 12.1 Å². The van der Waals surface area contributed by atoms with Crippen LogP contribution in [-0.2, 0) is 6.54 Å². The van der Waals surface area contributed by atoms with Gasteiger partial charge in [0.25, 0.3) is 0 Å². The first kappa shape index (κ1) is 11.9. The molecular formula is C14H13N3O. The second-order valence-corrected chi connectivity index (χ2v) is 3.98. The number of nitrogens with zero attached hydrogens (tertiary/aromatic N) is 2. The topological polar surface area (TPSA) is 68.9 Å². The van der Waals surface area contributed by atoms with Crippen LogP contribution in [0, 0.1) is 18.3 Å². The molecule has 0 unspecified atom stereocenters. The Kier molecular flexibility index (Phi) is 3.44. The minimum Gasteiger partial charge on any atom is -0.508 e. The average molecular weight is 239 g/mol. The minimum atomic E-state index is 0.241. The molecule has 2 rings (SSSR count). The monoisotopic (exact) mass is 239 g/mol. The van der Waals surface area contributed by atoms with E-state index in [2.05, 4.69) is 16.4 Å². The van der Waals surface area contributed by atoms with Crippen LogP contribution >= 0.6 is 0 Å². The predicted octanol–water partition coefficient (Wildman–Crippen LogP) is 2.58. The number of phenolic OH excluding ortho intramolecular Hbond substituents is 1. The Morgan fingerprint density at radius 2 is 2.00 bits per heavy atom. The summed E-state index contributed by atoms with van der Waals surface area (Å²) in [4.78, 5) is 4.16. The number of pyridine rings is 1. The highest BCUT2D eigenvalue weighted by atomic mass is 16.3. The van der Waals surface area contributed by atoms with E-state index >= 15 is 0 Å². The smallest absolute Gasteiger partial charge is 0.144 e. The van der Waals surface area contributed by atoms with Crippen LogP contribution in [0.2, 0.25) is 0 Å². The number of hydrogen-bond donors (Lipinski definition) is 2. The minimum absolute atomic E-state index is 0.241. The van der Waals surface area contributed by atoms with Crippen molar-refractivity contribution in [3.05, 3.63) is 53.2 Å². The maximum Gasteiger partial charge on any atom is 0.144 e. The Bertz CT molecular complexity index is 585. The summed E-state index contributed by atoms with van der Waals surface area (Å²) in [6, 6.07) is 10.9. The fraction of sp³-hybridized carbons (Fsp3) is 0.143. The Hall–Kier alpha value is -2.54. The molecule has 1 aromatic heterocycles. The zero-order valence-electron chi connectivity index (χ0n) is 10.0. The van der Waals surface area contributed by atoms with Crippen LogP contribution in [0.5, 0.6) is 5.75 Å². The van der Waals surface area contributed by atoms with E-state index in [0.717, 1.165) is 11.1 Å². The summed E-state index contributed by atoms with van der Waals surface area (Å²) in [5.41, 5.74) is 2.48. The zero-order chi connectivity index (χ0) is 13.0. The molecule has 4 nitrogen and oxygen atoms in total. The van der Waals surface area contributed by atoms with Gasteiger partial charge in [0.2, 0.25) is 0 Å². The van der Waals surface area contributed by atoms with Gasteiger partial charge in [-0.25, -0.2) is 4.98 Å². The number of rotatable bonds is 3. The lowest BCUT2D eigenvalue weighted by Crippen LogP contribution is -2.04. The van der Waals surface area contributed by atoms with Gasteiger partial charge in [-0.2, -0.15) is 5.26 Å². The molecule has 4 heteroatoms. The third-order valence-corrected chi connectivity index (χ3v) is 2.67. The fourth-order valence-electron chi connectivity index (χ4n) is 1.63. The molecule has 0 aliphatic heterocycles. The van der Waals surface area contributed by atoms with Gasteiger partial charge in [0.15, 0.2) is 0 Å². The molecule has 0 bridgehead atoms. The molecule has 1 aromatic carbocycles. The van der Waals surface area contributed by atoms with Crippen LogP contribution in [0.4, 0.5) is 5.82 Å². The average Bonchev–Trinajstić information content (AvgIpc) is 2.38. The normalized spacial score (nSPS) is 9.78. The fourth-order valence-corrected chi connectivity index (χ4v) is 1.63. The largest absolute Gasteiger partial charge is 0.508 e. The lowest BCUT2D eigenvalue weighted by Gasteiger charge is -2.08. The number of aryl methyl sites for hydroxylation is 1. The van der Waals surface area contributed by atoms with Gasteiger partial charge in [0.1, 0.15) is 17.6 Å². The standard InChI is InChI=1S/C14H13N3O/c1-10-6-7-16-14(13(10)8-15)17-9-11-2-4-12(18)5-3-11/h2-7,18H,9H2,1H3,(H,16,17). The molecule has 18 heavy (non-hydrogen) atoms. The molecule has 0 saturated heterocycles. The number of aromatic hydroxyl groups is 1. The first-order valence-electron chi connectivity index (χ1n) is 5.58. The predicted molar refractivity (Wildman–Crippen MR) is 69.1 cm³/mol. The number of hydrogen-bond acceptors (Lipinski definition) is 4. The molecule has 0 aliphatic rings. The number of nitrogens with one attached hydrogen (secondary N) is 1. The van der Waals surface area contributed by atoms with Crippen LogP contribution < -0.4 is 5.32 Å². The van der Waals surface area contributed by atoms with Crippen molar-refractivity contribution in [2.75, 3.05) is 5.32 Å². The Labute approximate surface area is 106 Å². The van der Waals surface area contributed by atoms with Crippen molar-refractivity contribution in [1.29, 1.82) is 5.26 Å². The summed E-state index contributed by atoms with van der Waals surface area (Å²) < 4.78 is 0. The number of aromatic nitrogens is 1. The van der Waals surface area contributed by atoms with Crippen LogP contribution in [0.15, 0.2) is 36.5 Å². The maximum atomic E-state index is 9.18. The lowest BCUT2D eigenvalue weighted by molar-refractivity contribution is 0.475. The lowest BCUT2D eigenvalue weighted by atomic mass is 10.1.